The topological polar surface area (TPSA) is 0 Å². The van der Waals surface area contributed by atoms with Gasteiger partial charge in [-0.2, -0.15) is 0 Å². The van der Waals surface area contributed by atoms with Gasteiger partial charge in [-0.1, -0.05) is 0 Å². The van der Waals surface area contributed by atoms with E-state index < -0.39 is 17.4 Å². The van der Waals surface area contributed by atoms with Gasteiger partial charge in [0, 0.05) is 0 Å². The Kier molecular flexibility index (Phi) is 4.97. The molecule has 6 rings (SSSR count). The van der Waals surface area contributed by atoms with Crippen LogP contribution in [0.2, 0.25) is 9.26 Å². The number of rotatable bonds is 3. The first-order valence-corrected chi connectivity index (χ1v) is 26.1. The molecule has 168 valence electrons. The van der Waals surface area contributed by atoms with E-state index in [0.717, 1.165) is 0 Å². The molecular formula is C32H32SiZr. The van der Waals surface area contributed by atoms with Crippen LogP contribution in [0.25, 0.3) is 16.7 Å². The second-order valence-corrected chi connectivity index (χ2v) is 42.1. The molecule has 0 saturated carbocycles. The minimum absolute atomic E-state index is 0.512. The van der Waals surface area contributed by atoms with Crippen molar-refractivity contribution in [2.75, 3.05) is 0 Å². The molecule has 0 bridgehead atoms. The third kappa shape index (κ3) is 3.26. The Morgan fingerprint density at radius 1 is 0.618 bits per heavy atom. The zero-order valence-corrected chi connectivity index (χ0v) is 24.5. The number of hydrogen-bond donors (Lipinski definition) is 0. The van der Waals surface area contributed by atoms with Crippen molar-refractivity contribution in [2.24, 2.45) is 0 Å². The van der Waals surface area contributed by atoms with Gasteiger partial charge in [0.1, 0.15) is 0 Å². The SMILES string of the molecule is Cc1ccc2c(c1)-c1cc(C)ccc1[CH]2[Zr]([CH3])([CH3])(=[SiH2])[CH]1C=C(c2ccccc2)c2ccccc21. The molecule has 4 aromatic rings. The van der Waals surface area contributed by atoms with Gasteiger partial charge in [-0.25, -0.2) is 0 Å². The van der Waals surface area contributed by atoms with Crippen molar-refractivity contribution >= 4 is 12.5 Å². The van der Waals surface area contributed by atoms with E-state index in [1.807, 2.05) is 0 Å². The van der Waals surface area contributed by atoms with Crippen molar-refractivity contribution in [3.8, 4) is 11.1 Å². The maximum atomic E-state index is 2.72. The molecule has 1 atom stereocenters. The van der Waals surface area contributed by atoms with Crippen LogP contribution in [-0.4, -0.2) is 6.88 Å². The monoisotopic (exact) mass is 534 g/mol. The number of fused-ring (bicyclic) bond motifs is 4. The molecule has 0 N–H and O–H groups in total. The van der Waals surface area contributed by atoms with Crippen LogP contribution in [0.3, 0.4) is 0 Å². The molecule has 0 saturated heterocycles. The molecule has 0 amide bonds. The van der Waals surface area contributed by atoms with E-state index >= 15 is 0 Å². The number of aryl methyl sites for hydroxylation is 2. The molecule has 0 radical (unpaired) electrons. The van der Waals surface area contributed by atoms with Gasteiger partial charge in [-0.15, -0.1) is 0 Å². The number of allylic oxidation sites excluding steroid dienone is 1. The summed E-state index contributed by atoms with van der Waals surface area (Å²) in [6, 6.07) is 34.6. The Hall–Kier alpha value is -2.28. The molecule has 0 spiro atoms. The van der Waals surface area contributed by atoms with Crippen LogP contribution in [-0.2, 0) is 17.4 Å². The van der Waals surface area contributed by atoms with Gasteiger partial charge in [0.2, 0.25) is 0 Å². The molecule has 2 heteroatoms. The molecule has 2 aliphatic carbocycles. The Balaban J connectivity index is 1.60. The van der Waals surface area contributed by atoms with Gasteiger partial charge in [0.25, 0.3) is 0 Å². The Morgan fingerprint density at radius 3 is 1.79 bits per heavy atom. The second-order valence-electron chi connectivity index (χ2n) is 11.6. The molecule has 34 heavy (non-hydrogen) atoms. The molecule has 0 aromatic heterocycles. The fraction of sp³-hybridized carbons (Fsp3) is 0.188. The standard InChI is InChI=1S/C15H13.C15H11.2CH3.H2Si.Zr/c1-10-3-5-12-9-13-6-4-11(2)8-15(13)14(12)7-10;1-2-6-12(7-3-1)15-11-10-13-8-4-5-9-14(13)15;;;;/h3-9H,1-2H3;1-11H;2*1H3;1H2;. The van der Waals surface area contributed by atoms with Gasteiger partial charge >= 0.3 is 207 Å². The van der Waals surface area contributed by atoms with Crippen molar-refractivity contribution in [2.45, 2.75) is 30.4 Å². The van der Waals surface area contributed by atoms with Crippen LogP contribution in [0.4, 0.5) is 0 Å². The average molecular weight is 536 g/mol. The first-order chi connectivity index (χ1) is 16.2. The molecule has 4 aromatic carbocycles. The minimum atomic E-state index is -3.51. The van der Waals surface area contributed by atoms with Crippen LogP contribution >= 0.6 is 0 Å². The first kappa shape index (κ1) is 22.2. The second kappa shape index (κ2) is 7.61. The quantitative estimate of drug-likeness (QED) is 0.234. The molecule has 0 aliphatic heterocycles. The summed E-state index contributed by atoms with van der Waals surface area (Å²) < 4.78 is 6.47. The third-order valence-electron chi connectivity index (χ3n) is 8.30. The van der Waals surface area contributed by atoms with E-state index in [9.17, 15) is 0 Å². The van der Waals surface area contributed by atoms with Crippen LogP contribution in [0.15, 0.2) is 97.1 Å². The maximum absolute atomic E-state index is 3.51. The summed E-state index contributed by atoms with van der Waals surface area (Å²) >= 11 is -3.51. The van der Waals surface area contributed by atoms with Crippen LogP contribution in [0.5, 0.6) is 0 Å². The normalized spacial score (nSPS) is 17.2. The number of hydrogen-bond acceptors (Lipinski definition) is 0. The molecule has 2 aliphatic rings. The van der Waals surface area contributed by atoms with Crippen LogP contribution in [0, 0.1) is 13.8 Å². The van der Waals surface area contributed by atoms with E-state index in [0.29, 0.717) is 7.25 Å². The Morgan fingerprint density at radius 2 is 1.18 bits per heavy atom. The summed E-state index contributed by atoms with van der Waals surface area (Å²) in [5.74, 6) is 0. The van der Waals surface area contributed by atoms with Crippen molar-refractivity contribution in [3.63, 3.8) is 0 Å². The fourth-order valence-corrected chi connectivity index (χ4v) is 23.3. The summed E-state index contributed by atoms with van der Waals surface area (Å²) in [5, 5.41) is 0. The molecule has 0 nitrogen and oxygen atoms in total. The summed E-state index contributed by atoms with van der Waals surface area (Å²) in [7, 11) is 0. The molecule has 1 unspecified atom stereocenters. The zero-order chi connectivity index (χ0) is 23.7. The predicted molar refractivity (Wildman–Crippen MR) is 146 cm³/mol. The van der Waals surface area contributed by atoms with Gasteiger partial charge in [0.05, 0.1) is 0 Å². The van der Waals surface area contributed by atoms with Crippen LogP contribution in [0.1, 0.15) is 46.2 Å². The summed E-state index contributed by atoms with van der Waals surface area (Å²) in [6.07, 6.45) is 2.65. The summed E-state index contributed by atoms with van der Waals surface area (Å²) in [4.78, 5) is 0. The van der Waals surface area contributed by atoms with E-state index in [4.69, 9.17) is 0 Å². The van der Waals surface area contributed by atoms with Crippen molar-refractivity contribution in [1.82, 2.24) is 0 Å². The Labute approximate surface area is 206 Å². The number of benzene rings is 4. The van der Waals surface area contributed by atoms with Gasteiger partial charge < -0.3 is 0 Å². The van der Waals surface area contributed by atoms with Crippen molar-refractivity contribution < 1.29 is 17.4 Å². The predicted octanol–water partition coefficient (Wildman–Crippen LogP) is 7.89. The molecule has 0 fully saturated rings. The van der Waals surface area contributed by atoms with Gasteiger partial charge in [-0.05, 0) is 0 Å². The van der Waals surface area contributed by atoms with E-state index in [-0.39, 0.29) is 0 Å². The first-order valence-electron chi connectivity index (χ1n) is 12.4. The average Bonchev–Trinajstić information content (AvgIpc) is 3.37. The van der Waals surface area contributed by atoms with Crippen molar-refractivity contribution in [1.29, 1.82) is 0 Å². The molecular weight excluding hydrogens is 504 g/mol. The van der Waals surface area contributed by atoms with Crippen LogP contribution < -0.4 is 0 Å². The van der Waals surface area contributed by atoms with Gasteiger partial charge in [-0.3, -0.25) is 0 Å². The summed E-state index contributed by atoms with van der Waals surface area (Å²) in [5.41, 5.74) is 14.5. The van der Waals surface area contributed by atoms with E-state index in [1.54, 1.807) is 16.7 Å². The van der Waals surface area contributed by atoms with Gasteiger partial charge in [0.15, 0.2) is 0 Å². The van der Waals surface area contributed by atoms with Crippen molar-refractivity contribution in [3.05, 3.63) is 136 Å². The Bertz CT molecular complexity index is 1500. The summed E-state index contributed by atoms with van der Waals surface area (Å²) in [6.45, 7) is 6.87. The fourth-order valence-electron chi connectivity index (χ4n) is 6.69. The third-order valence-corrected chi connectivity index (χ3v) is 25.7. The van der Waals surface area contributed by atoms with E-state index in [1.165, 1.54) is 39.0 Å². The van der Waals surface area contributed by atoms with E-state index in [2.05, 4.69) is 127 Å². The zero-order valence-electron chi connectivity index (χ0n) is 20.6. The molecule has 0 heterocycles.